The Morgan fingerprint density at radius 2 is 2.07 bits per heavy atom. The molecular weight excluding hydrogens is 174 g/mol. The van der Waals surface area contributed by atoms with Crippen molar-refractivity contribution in [2.45, 2.75) is 40.0 Å². The molecular formula is C12H19NO. The number of allylic oxidation sites excluding steroid dienone is 2. The second-order valence-electron chi connectivity index (χ2n) is 3.23. The van der Waals surface area contributed by atoms with Crippen molar-refractivity contribution in [3.05, 3.63) is 24.4 Å². The van der Waals surface area contributed by atoms with E-state index in [-0.39, 0.29) is 5.78 Å². The number of hydrogen-bond donors (Lipinski definition) is 0. The van der Waals surface area contributed by atoms with E-state index >= 15 is 0 Å². The summed E-state index contributed by atoms with van der Waals surface area (Å²) in [6.45, 7) is 9.59. The molecule has 0 N–H and O–H groups in total. The first-order valence-corrected chi connectivity index (χ1v) is 5.03. The lowest BCUT2D eigenvalue weighted by Gasteiger charge is -1.94. The van der Waals surface area contributed by atoms with Gasteiger partial charge < -0.3 is 0 Å². The second-order valence-corrected chi connectivity index (χ2v) is 3.23. The Kier molecular flexibility index (Phi) is 6.63. The topological polar surface area (TPSA) is 29.4 Å². The molecule has 0 unspecified atom stereocenters. The molecule has 14 heavy (non-hydrogen) atoms. The van der Waals surface area contributed by atoms with Crippen LogP contribution in [-0.2, 0) is 4.79 Å². The van der Waals surface area contributed by atoms with Crippen LogP contribution in [0.3, 0.4) is 0 Å². The summed E-state index contributed by atoms with van der Waals surface area (Å²) >= 11 is 0. The number of hydrogen-bond acceptors (Lipinski definition) is 2. The van der Waals surface area contributed by atoms with Crippen molar-refractivity contribution in [1.82, 2.24) is 0 Å². The van der Waals surface area contributed by atoms with Crippen LogP contribution in [0.1, 0.15) is 40.0 Å². The molecule has 2 nitrogen and oxygen atoms in total. The summed E-state index contributed by atoms with van der Waals surface area (Å²) in [6, 6.07) is 0. The SMILES string of the molecule is C=C(/C=C\N=C(C)CCC)C(=O)CC. The molecule has 2 heteroatoms. The molecule has 0 aromatic rings. The molecule has 0 heterocycles. The molecule has 0 spiro atoms. The smallest absolute Gasteiger partial charge is 0.162 e. The number of ketones is 1. The van der Waals surface area contributed by atoms with Gasteiger partial charge in [0.15, 0.2) is 5.78 Å². The van der Waals surface area contributed by atoms with Crippen molar-refractivity contribution in [1.29, 1.82) is 0 Å². The van der Waals surface area contributed by atoms with E-state index in [2.05, 4.69) is 18.5 Å². The zero-order chi connectivity index (χ0) is 11.0. The summed E-state index contributed by atoms with van der Waals surface area (Å²) < 4.78 is 0. The van der Waals surface area contributed by atoms with Crippen LogP contribution >= 0.6 is 0 Å². The van der Waals surface area contributed by atoms with Gasteiger partial charge in [0, 0.05) is 23.9 Å². The van der Waals surface area contributed by atoms with Crippen molar-refractivity contribution in [3.8, 4) is 0 Å². The van der Waals surface area contributed by atoms with E-state index in [1.807, 2.05) is 13.8 Å². The van der Waals surface area contributed by atoms with Crippen molar-refractivity contribution in [2.24, 2.45) is 4.99 Å². The summed E-state index contributed by atoms with van der Waals surface area (Å²) in [7, 11) is 0. The Bertz CT molecular complexity index is 261. The number of aliphatic imine (C=N–C) groups is 1. The van der Waals surface area contributed by atoms with E-state index in [0.717, 1.165) is 18.6 Å². The maximum Gasteiger partial charge on any atom is 0.162 e. The molecule has 0 aliphatic carbocycles. The first-order valence-electron chi connectivity index (χ1n) is 5.03. The Hall–Kier alpha value is -1.18. The van der Waals surface area contributed by atoms with Crippen LogP contribution < -0.4 is 0 Å². The highest BCUT2D eigenvalue weighted by molar-refractivity contribution is 5.97. The summed E-state index contributed by atoms with van der Waals surface area (Å²) in [5.41, 5.74) is 1.61. The van der Waals surface area contributed by atoms with Gasteiger partial charge in [0.25, 0.3) is 0 Å². The summed E-state index contributed by atoms with van der Waals surface area (Å²) in [4.78, 5) is 15.3. The number of rotatable bonds is 6. The summed E-state index contributed by atoms with van der Waals surface area (Å²) in [5, 5.41) is 0. The average molecular weight is 193 g/mol. The predicted octanol–water partition coefficient (Wildman–Crippen LogP) is 3.30. The molecule has 0 bridgehead atoms. The van der Waals surface area contributed by atoms with Gasteiger partial charge in [-0.25, -0.2) is 0 Å². The van der Waals surface area contributed by atoms with Gasteiger partial charge in [0.05, 0.1) is 0 Å². The van der Waals surface area contributed by atoms with Gasteiger partial charge in [-0.05, 0) is 19.4 Å². The van der Waals surface area contributed by atoms with E-state index in [0.29, 0.717) is 12.0 Å². The number of Topliss-reactive ketones (excluding diaryl/α,β-unsaturated/α-hetero) is 1. The lowest BCUT2D eigenvalue weighted by atomic mass is 10.1. The maximum absolute atomic E-state index is 11.1. The van der Waals surface area contributed by atoms with Crippen LogP contribution in [0, 0.1) is 0 Å². The van der Waals surface area contributed by atoms with E-state index in [1.165, 1.54) is 0 Å². The second kappa shape index (κ2) is 7.25. The molecule has 0 saturated heterocycles. The molecule has 0 aromatic carbocycles. The average Bonchev–Trinajstić information content (AvgIpc) is 2.16. The Morgan fingerprint density at radius 3 is 2.57 bits per heavy atom. The van der Waals surface area contributed by atoms with Crippen molar-refractivity contribution >= 4 is 11.5 Å². The predicted molar refractivity (Wildman–Crippen MR) is 61.6 cm³/mol. The third-order valence-corrected chi connectivity index (χ3v) is 1.86. The molecule has 0 rings (SSSR count). The van der Waals surface area contributed by atoms with Crippen LogP contribution in [0.4, 0.5) is 0 Å². The molecule has 78 valence electrons. The van der Waals surface area contributed by atoms with E-state index in [9.17, 15) is 4.79 Å². The van der Waals surface area contributed by atoms with Gasteiger partial charge >= 0.3 is 0 Å². The lowest BCUT2D eigenvalue weighted by Crippen LogP contribution is -1.95. The normalized spacial score (nSPS) is 12.1. The molecule has 0 atom stereocenters. The molecule has 0 fully saturated rings. The quantitative estimate of drug-likeness (QED) is 0.361. The molecule has 0 radical (unpaired) electrons. The zero-order valence-corrected chi connectivity index (χ0v) is 9.34. The summed E-state index contributed by atoms with van der Waals surface area (Å²) in [6.07, 6.45) is 5.92. The van der Waals surface area contributed by atoms with Crippen molar-refractivity contribution in [3.63, 3.8) is 0 Å². The Balaban J connectivity index is 4.12. The van der Waals surface area contributed by atoms with E-state index in [1.54, 1.807) is 12.3 Å². The Labute approximate surface area is 86.4 Å². The molecule has 0 aliphatic rings. The summed E-state index contributed by atoms with van der Waals surface area (Å²) in [5.74, 6) is 0.0737. The molecule has 0 amide bonds. The van der Waals surface area contributed by atoms with Crippen LogP contribution in [0.25, 0.3) is 0 Å². The fourth-order valence-electron chi connectivity index (χ4n) is 1.00. The fraction of sp³-hybridized carbons (Fsp3) is 0.500. The molecule has 0 saturated carbocycles. The van der Waals surface area contributed by atoms with Crippen LogP contribution in [0.5, 0.6) is 0 Å². The minimum atomic E-state index is 0.0737. The van der Waals surface area contributed by atoms with Crippen LogP contribution in [-0.4, -0.2) is 11.5 Å². The van der Waals surface area contributed by atoms with Crippen LogP contribution in [0.15, 0.2) is 29.4 Å². The third-order valence-electron chi connectivity index (χ3n) is 1.86. The number of carbonyl (C=O) groups excluding carboxylic acids is 1. The highest BCUT2D eigenvalue weighted by Gasteiger charge is 1.98. The maximum atomic E-state index is 11.1. The van der Waals surface area contributed by atoms with E-state index < -0.39 is 0 Å². The van der Waals surface area contributed by atoms with Crippen LogP contribution in [0.2, 0.25) is 0 Å². The zero-order valence-electron chi connectivity index (χ0n) is 9.34. The van der Waals surface area contributed by atoms with E-state index in [4.69, 9.17) is 0 Å². The standard InChI is InChI=1S/C12H19NO/c1-5-7-11(4)13-9-8-10(3)12(14)6-2/h8-9H,3,5-7H2,1-2,4H3/b9-8-,13-11?. The first kappa shape index (κ1) is 12.8. The van der Waals surface area contributed by atoms with Gasteiger partial charge in [-0.15, -0.1) is 0 Å². The minimum absolute atomic E-state index is 0.0737. The molecule has 0 aliphatic heterocycles. The third kappa shape index (κ3) is 5.46. The molecule has 0 aromatic heterocycles. The number of carbonyl (C=O) groups is 1. The van der Waals surface area contributed by atoms with Gasteiger partial charge in [-0.3, -0.25) is 9.79 Å². The van der Waals surface area contributed by atoms with Crippen molar-refractivity contribution in [2.75, 3.05) is 0 Å². The highest BCUT2D eigenvalue weighted by Crippen LogP contribution is 1.99. The van der Waals surface area contributed by atoms with Gasteiger partial charge in [0.1, 0.15) is 0 Å². The minimum Gasteiger partial charge on any atom is -0.294 e. The fourth-order valence-corrected chi connectivity index (χ4v) is 1.00. The largest absolute Gasteiger partial charge is 0.294 e. The highest BCUT2D eigenvalue weighted by atomic mass is 16.1. The first-order chi connectivity index (χ1) is 6.61. The lowest BCUT2D eigenvalue weighted by molar-refractivity contribution is -0.114. The number of nitrogens with zero attached hydrogens (tertiary/aromatic N) is 1. The van der Waals surface area contributed by atoms with Gasteiger partial charge in [-0.2, -0.15) is 0 Å². The van der Waals surface area contributed by atoms with Gasteiger partial charge in [0.2, 0.25) is 0 Å². The van der Waals surface area contributed by atoms with Crippen molar-refractivity contribution < 1.29 is 4.79 Å². The monoisotopic (exact) mass is 193 g/mol. The Morgan fingerprint density at radius 1 is 1.43 bits per heavy atom. The van der Waals surface area contributed by atoms with Gasteiger partial charge in [-0.1, -0.05) is 26.8 Å².